The number of rotatable bonds is 3. The van der Waals surface area contributed by atoms with Crippen LogP contribution in [0.3, 0.4) is 0 Å². The van der Waals surface area contributed by atoms with Crippen LogP contribution in [0.2, 0.25) is 0 Å². The molecule has 1 aliphatic rings. The van der Waals surface area contributed by atoms with E-state index < -0.39 is 5.41 Å². The van der Waals surface area contributed by atoms with E-state index in [9.17, 15) is 14.9 Å². The average Bonchev–Trinajstić information content (AvgIpc) is 2.97. The van der Waals surface area contributed by atoms with Gasteiger partial charge in [-0.15, -0.1) is 0 Å². The van der Waals surface area contributed by atoms with Crippen LogP contribution in [0.5, 0.6) is 0 Å². The third kappa shape index (κ3) is 3.31. The molecule has 110 valence electrons. The largest absolute Gasteiger partial charge is 0.341 e. The predicted octanol–water partition coefficient (Wildman–Crippen LogP) is 2.46. The fraction of sp³-hybridized carbons (Fsp3) is 0.400. The van der Waals surface area contributed by atoms with Gasteiger partial charge < -0.3 is 16.0 Å². The van der Waals surface area contributed by atoms with E-state index >= 15 is 0 Å². The average molecular weight is 286 g/mol. The van der Waals surface area contributed by atoms with E-state index in [0.29, 0.717) is 24.2 Å². The zero-order valence-corrected chi connectivity index (χ0v) is 11.9. The Morgan fingerprint density at radius 2 is 1.81 bits per heavy atom. The topological polar surface area (TPSA) is 94.0 Å². The number of benzene rings is 1. The van der Waals surface area contributed by atoms with Crippen molar-refractivity contribution < 1.29 is 9.59 Å². The predicted molar refractivity (Wildman–Crippen MR) is 79.7 cm³/mol. The minimum absolute atomic E-state index is 0.264. The summed E-state index contributed by atoms with van der Waals surface area (Å²) in [5, 5.41) is 17.2. The number of amides is 3. The summed E-state index contributed by atoms with van der Waals surface area (Å²) in [4.78, 5) is 23.6. The second kappa shape index (κ2) is 6.27. The monoisotopic (exact) mass is 286 g/mol. The van der Waals surface area contributed by atoms with Gasteiger partial charge in [-0.1, -0.05) is 18.9 Å². The Hall–Kier alpha value is -2.55. The summed E-state index contributed by atoms with van der Waals surface area (Å²) in [5.74, 6) is -0.264. The first-order valence-electron chi connectivity index (χ1n) is 6.91. The number of carbonyl (C=O) groups excluding carboxylic acids is 2. The molecular formula is C15H18N4O2. The quantitative estimate of drug-likeness (QED) is 0.796. The number of anilines is 2. The fourth-order valence-corrected chi connectivity index (χ4v) is 2.49. The molecule has 0 aliphatic heterocycles. The first-order chi connectivity index (χ1) is 10.1. The zero-order valence-electron chi connectivity index (χ0n) is 11.9. The Kier molecular flexibility index (Phi) is 4.43. The molecular weight excluding hydrogens is 268 g/mol. The lowest BCUT2D eigenvalue weighted by molar-refractivity contribution is -0.122. The molecule has 0 bridgehead atoms. The summed E-state index contributed by atoms with van der Waals surface area (Å²) in [6.45, 7) is 0. The SMILES string of the molecule is CNC(=O)Nc1cccc(NC(=O)C2(C#N)CCCC2)c1. The lowest BCUT2D eigenvalue weighted by atomic mass is 9.87. The van der Waals surface area contributed by atoms with Gasteiger partial charge in [0.25, 0.3) is 0 Å². The van der Waals surface area contributed by atoms with Crippen molar-refractivity contribution in [1.29, 1.82) is 5.26 Å². The Balaban J connectivity index is 2.09. The highest BCUT2D eigenvalue weighted by molar-refractivity contribution is 5.98. The standard InChI is InChI=1S/C15H18N4O2/c1-17-14(21)19-12-6-4-5-11(9-12)18-13(20)15(10-16)7-2-3-8-15/h4-6,9H,2-3,7-8H2,1H3,(H,18,20)(H2,17,19,21). The second-order valence-electron chi connectivity index (χ2n) is 5.14. The van der Waals surface area contributed by atoms with Gasteiger partial charge in [0.2, 0.25) is 5.91 Å². The summed E-state index contributed by atoms with van der Waals surface area (Å²) in [6.07, 6.45) is 3.01. The third-order valence-electron chi connectivity index (χ3n) is 3.71. The van der Waals surface area contributed by atoms with Crippen molar-refractivity contribution in [1.82, 2.24) is 5.32 Å². The molecule has 0 spiro atoms. The summed E-state index contributed by atoms with van der Waals surface area (Å²) >= 11 is 0. The van der Waals surface area contributed by atoms with Gasteiger partial charge in [0, 0.05) is 18.4 Å². The smallest absolute Gasteiger partial charge is 0.318 e. The van der Waals surface area contributed by atoms with E-state index in [2.05, 4.69) is 22.0 Å². The van der Waals surface area contributed by atoms with Crippen molar-refractivity contribution in [2.24, 2.45) is 5.41 Å². The number of nitriles is 1. The van der Waals surface area contributed by atoms with Crippen LogP contribution in [0.15, 0.2) is 24.3 Å². The molecule has 0 atom stereocenters. The van der Waals surface area contributed by atoms with Gasteiger partial charge in [-0.05, 0) is 31.0 Å². The Morgan fingerprint density at radius 1 is 1.19 bits per heavy atom. The summed E-state index contributed by atoms with van der Waals surface area (Å²) in [6, 6.07) is 8.67. The molecule has 0 aromatic heterocycles. The minimum atomic E-state index is -0.912. The summed E-state index contributed by atoms with van der Waals surface area (Å²) < 4.78 is 0. The molecule has 1 aromatic carbocycles. The second-order valence-corrected chi connectivity index (χ2v) is 5.14. The number of carbonyl (C=O) groups is 2. The van der Waals surface area contributed by atoms with Gasteiger partial charge in [0.15, 0.2) is 0 Å². The van der Waals surface area contributed by atoms with Crippen molar-refractivity contribution in [3.8, 4) is 6.07 Å². The Bertz CT molecular complexity index is 586. The molecule has 1 fully saturated rings. The van der Waals surface area contributed by atoms with Gasteiger partial charge in [0.05, 0.1) is 6.07 Å². The minimum Gasteiger partial charge on any atom is -0.341 e. The molecule has 21 heavy (non-hydrogen) atoms. The number of nitrogens with zero attached hydrogens (tertiary/aromatic N) is 1. The summed E-state index contributed by atoms with van der Waals surface area (Å²) in [7, 11) is 1.53. The lowest BCUT2D eigenvalue weighted by Gasteiger charge is -2.19. The van der Waals surface area contributed by atoms with Crippen LogP contribution in [-0.4, -0.2) is 19.0 Å². The van der Waals surface area contributed by atoms with Crippen LogP contribution < -0.4 is 16.0 Å². The van der Waals surface area contributed by atoms with E-state index in [1.54, 1.807) is 24.3 Å². The lowest BCUT2D eigenvalue weighted by Crippen LogP contribution is -2.32. The van der Waals surface area contributed by atoms with Crippen LogP contribution in [0, 0.1) is 16.7 Å². The molecule has 0 saturated heterocycles. The highest BCUT2D eigenvalue weighted by Gasteiger charge is 2.41. The molecule has 6 nitrogen and oxygen atoms in total. The van der Waals surface area contributed by atoms with Crippen molar-refractivity contribution in [2.45, 2.75) is 25.7 Å². The van der Waals surface area contributed by atoms with Gasteiger partial charge in [0.1, 0.15) is 5.41 Å². The maximum Gasteiger partial charge on any atom is 0.318 e. The fourth-order valence-electron chi connectivity index (χ4n) is 2.49. The normalized spacial score (nSPS) is 15.8. The molecule has 0 radical (unpaired) electrons. The molecule has 3 N–H and O–H groups in total. The van der Waals surface area contributed by atoms with Gasteiger partial charge in [-0.3, -0.25) is 4.79 Å². The zero-order chi connectivity index (χ0) is 15.3. The van der Waals surface area contributed by atoms with Crippen molar-refractivity contribution in [2.75, 3.05) is 17.7 Å². The molecule has 1 aromatic rings. The first kappa shape index (κ1) is 14.9. The van der Waals surface area contributed by atoms with E-state index in [-0.39, 0.29) is 11.9 Å². The van der Waals surface area contributed by atoms with Crippen molar-refractivity contribution >= 4 is 23.3 Å². The van der Waals surface area contributed by atoms with Crippen molar-refractivity contribution in [3.05, 3.63) is 24.3 Å². The maximum absolute atomic E-state index is 12.3. The van der Waals surface area contributed by atoms with E-state index in [1.807, 2.05) is 0 Å². The molecule has 6 heteroatoms. The van der Waals surface area contributed by atoms with Crippen LogP contribution >= 0.6 is 0 Å². The Morgan fingerprint density at radius 3 is 2.38 bits per heavy atom. The molecule has 1 aliphatic carbocycles. The Labute approximate surface area is 123 Å². The van der Waals surface area contributed by atoms with Crippen LogP contribution in [0.1, 0.15) is 25.7 Å². The molecule has 0 heterocycles. The summed E-state index contributed by atoms with van der Waals surface area (Å²) in [5.41, 5.74) is 0.226. The highest BCUT2D eigenvalue weighted by Crippen LogP contribution is 2.38. The first-order valence-corrected chi connectivity index (χ1v) is 6.91. The maximum atomic E-state index is 12.3. The van der Waals surface area contributed by atoms with Gasteiger partial charge in [-0.25, -0.2) is 4.79 Å². The van der Waals surface area contributed by atoms with Gasteiger partial charge in [-0.2, -0.15) is 5.26 Å². The highest BCUT2D eigenvalue weighted by atomic mass is 16.2. The third-order valence-corrected chi connectivity index (χ3v) is 3.71. The molecule has 1 saturated carbocycles. The number of hydrogen-bond acceptors (Lipinski definition) is 3. The molecule has 2 rings (SSSR count). The van der Waals surface area contributed by atoms with Crippen LogP contribution in [-0.2, 0) is 4.79 Å². The molecule has 0 unspecified atom stereocenters. The van der Waals surface area contributed by atoms with Crippen LogP contribution in [0.25, 0.3) is 0 Å². The molecule has 3 amide bonds. The van der Waals surface area contributed by atoms with Crippen LogP contribution in [0.4, 0.5) is 16.2 Å². The van der Waals surface area contributed by atoms with E-state index in [4.69, 9.17) is 0 Å². The van der Waals surface area contributed by atoms with E-state index in [1.165, 1.54) is 7.05 Å². The number of urea groups is 1. The van der Waals surface area contributed by atoms with Crippen molar-refractivity contribution in [3.63, 3.8) is 0 Å². The van der Waals surface area contributed by atoms with E-state index in [0.717, 1.165) is 12.8 Å². The number of nitrogens with one attached hydrogen (secondary N) is 3. The number of hydrogen-bond donors (Lipinski definition) is 3. The van der Waals surface area contributed by atoms with Gasteiger partial charge >= 0.3 is 6.03 Å².